The van der Waals surface area contributed by atoms with Crippen molar-refractivity contribution in [1.82, 2.24) is 9.88 Å². The average Bonchev–Trinajstić information content (AvgIpc) is 3.01. The Labute approximate surface area is 216 Å². The number of rotatable bonds is 5. The maximum atomic E-state index is 11.2. The van der Waals surface area contributed by atoms with Gasteiger partial charge in [-0.2, -0.15) is 0 Å². The number of pyridine rings is 1. The number of aliphatic hydroxyl groups is 1. The van der Waals surface area contributed by atoms with E-state index in [0.29, 0.717) is 28.8 Å². The Morgan fingerprint density at radius 1 is 1.23 bits per heavy atom. The smallest absolute Gasteiger partial charge is 0.227 e. The Kier molecular flexibility index (Phi) is 7.14. The zero-order valence-electron chi connectivity index (χ0n) is 19.6. The van der Waals surface area contributed by atoms with Crippen LogP contribution in [-0.4, -0.2) is 47.8 Å². The van der Waals surface area contributed by atoms with Crippen LogP contribution in [0.1, 0.15) is 30.4 Å². The number of halogens is 2. The first kappa shape index (κ1) is 24.3. The van der Waals surface area contributed by atoms with E-state index < -0.39 is 5.60 Å². The van der Waals surface area contributed by atoms with Gasteiger partial charge < -0.3 is 19.5 Å². The van der Waals surface area contributed by atoms with Crippen LogP contribution < -0.4 is 4.74 Å². The number of nitrogens with zero attached hydrogens (tertiary/aromatic N) is 2. The summed E-state index contributed by atoms with van der Waals surface area (Å²) in [5.41, 5.74) is 2.93. The predicted octanol–water partition coefficient (Wildman–Crippen LogP) is 5.93. The first-order valence-electron chi connectivity index (χ1n) is 11.8. The Bertz CT molecular complexity index is 1210. The minimum absolute atomic E-state index is 0.160. The first-order chi connectivity index (χ1) is 16.9. The highest BCUT2D eigenvalue weighted by molar-refractivity contribution is 6.34. The maximum absolute atomic E-state index is 11.2. The molecule has 3 heterocycles. The fourth-order valence-corrected chi connectivity index (χ4v) is 5.43. The Balaban J connectivity index is 1.29. The number of benzene rings is 1. The van der Waals surface area contributed by atoms with Crippen molar-refractivity contribution in [3.63, 3.8) is 0 Å². The number of hydrogen-bond donors (Lipinski definition) is 1. The zero-order chi connectivity index (χ0) is 24.4. The summed E-state index contributed by atoms with van der Waals surface area (Å²) < 4.78 is 11.8. The van der Waals surface area contributed by atoms with Gasteiger partial charge in [0.1, 0.15) is 11.9 Å². The van der Waals surface area contributed by atoms with Crippen molar-refractivity contribution in [2.75, 3.05) is 26.7 Å². The molecule has 35 heavy (non-hydrogen) atoms. The first-order valence-corrected chi connectivity index (χ1v) is 12.6. The van der Waals surface area contributed by atoms with Gasteiger partial charge in [-0.3, -0.25) is 0 Å². The monoisotopic (exact) mass is 510 g/mol. The number of hydrogen-bond acceptors (Lipinski definition) is 5. The molecule has 0 amide bonds. The van der Waals surface area contributed by atoms with Crippen molar-refractivity contribution in [2.24, 2.45) is 0 Å². The van der Waals surface area contributed by atoms with Crippen molar-refractivity contribution in [2.45, 2.75) is 31.0 Å². The van der Waals surface area contributed by atoms with Crippen LogP contribution in [0.25, 0.3) is 5.57 Å². The van der Waals surface area contributed by atoms with E-state index in [1.807, 2.05) is 42.5 Å². The molecule has 0 saturated carbocycles. The molecule has 182 valence electrons. The molecule has 1 fully saturated rings. The second-order valence-corrected chi connectivity index (χ2v) is 9.98. The Morgan fingerprint density at radius 3 is 2.74 bits per heavy atom. The van der Waals surface area contributed by atoms with E-state index in [2.05, 4.69) is 22.0 Å². The summed E-state index contributed by atoms with van der Waals surface area (Å²) >= 11 is 12.3. The lowest BCUT2D eigenvalue weighted by molar-refractivity contribution is -0.0254. The topological polar surface area (TPSA) is 54.8 Å². The molecular formula is C28H28Cl2N2O3. The lowest BCUT2D eigenvalue weighted by Gasteiger charge is -2.38. The number of allylic oxidation sites excluding steroid dienone is 4. The van der Waals surface area contributed by atoms with E-state index in [-0.39, 0.29) is 6.10 Å². The molecule has 0 bridgehead atoms. The number of fused-ring (bicyclic) bond motifs is 2. The lowest BCUT2D eigenvalue weighted by atomic mass is 9.84. The number of methoxy groups -OCH3 is 1. The normalized spacial score (nSPS) is 22.5. The molecule has 5 nitrogen and oxygen atoms in total. The van der Waals surface area contributed by atoms with Gasteiger partial charge in [-0.25, -0.2) is 4.98 Å². The molecule has 0 radical (unpaired) electrons. The molecule has 3 aliphatic rings. The van der Waals surface area contributed by atoms with Gasteiger partial charge in [-0.15, -0.1) is 0 Å². The predicted molar refractivity (Wildman–Crippen MR) is 140 cm³/mol. The van der Waals surface area contributed by atoms with Gasteiger partial charge in [-0.05, 0) is 72.9 Å². The standard InChI is InChI=1S/C28H28Cl2N2O3/c1-34-25-7-2-8-26-24(25)15-19(23-6-3-11-31-27(23)35-26)5-4-12-32-13-9-28(33,10-14-32)20-16-21(29)18-22(30)17-20/h2-3,5-8,11,15-18,25,33H,4,9-10,12-14H2,1H3. The highest BCUT2D eigenvalue weighted by Gasteiger charge is 2.34. The molecule has 1 saturated heterocycles. The van der Waals surface area contributed by atoms with Crippen molar-refractivity contribution in [3.8, 4) is 5.88 Å². The fourth-order valence-electron chi connectivity index (χ4n) is 4.91. The van der Waals surface area contributed by atoms with Crippen LogP contribution in [0.3, 0.4) is 0 Å². The summed E-state index contributed by atoms with van der Waals surface area (Å²) in [5, 5.41) is 12.3. The maximum Gasteiger partial charge on any atom is 0.227 e. The van der Waals surface area contributed by atoms with Gasteiger partial charge in [-0.1, -0.05) is 41.4 Å². The molecule has 1 atom stereocenters. The fraction of sp³-hybridized carbons (Fsp3) is 0.321. The van der Waals surface area contributed by atoms with E-state index >= 15 is 0 Å². The Morgan fingerprint density at radius 2 is 2.00 bits per heavy atom. The van der Waals surface area contributed by atoms with Gasteiger partial charge in [0.2, 0.25) is 5.88 Å². The number of piperidine rings is 1. The number of ether oxygens (including phenoxy) is 2. The quantitative estimate of drug-likeness (QED) is 0.539. The third-order valence-electron chi connectivity index (χ3n) is 6.87. The molecule has 2 aromatic rings. The van der Waals surface area contributed by atoms with Crippen molar-refractivity contribution >= 4 is 28.8 Å². The van der Waals surface area contributed by atoms with E-state index in [9.17, 15) is 5.11 Å². The highest BCUT2D eigenvalue weighted by Crippen LogP contribution is 2.37. The summed E-state index contributed by atoms with van der Waals surface area (Å²) in [6.45, 7) is 2.50. The van der Waals surface area contributed by atoms with Crippen molar-refractivity contribution < 1.29 is 14.6 Å². The summed E-state index contributed by atoms with van der Waals surface area (Å²) in [4.78, 5) is 6.85. The zero-order valence-corrected chi connectivity index (χ0v) is 21.1. The SMILES string of the molecule is COC1C=CC=C2Oc3ncccc3C(=CCCN3CCC(O)(c4cc(Cl)cc(Cl)c4)CC3)C=C21. The minimum atomic E-state index is -0.899. The second kappa shape index (κ2) is 10.3. The van der Waals surface area contributed by atoms with Gasteiger partial charge in [0.15, 0.2) is 0 Å². The minimum Gasteiger partial charge on any atom is -0.438 e. The molecule has 1 N–H and O–H groups in total. The van der Waals surface area contributed by atoms with Crippen LogP contribution in [-0.2, 0) is 10.3 Å². The molecule has 0 spiro atoms. The van der Waals surface area contributed by atoms with Crippen molar-refractivity contribution in [1.29, 1.82) is 0 Å². The largest absolute Gasteiger partial charge is 0.438 e. The molecule has 1 aliphatic carbocycles. The van der Waals surface area contributed by atoms with E-state index in [1.165, 1.54) is 0 Å². The highest BCUT2D eigenvalue weighted by atomic mass is 35.5. The number of aromatic nitrogens is 1. The van der Waals surface area contributed by atoms with E-state index in [0.717, 1.165) is 54.1 Å². The Hall–Kier alpha value is -2.41. The van der Waals surface area contributed by atoms with Crippen molar-refractivity contribution in [3.05, 3.63) is 99.4 Å². The number of likely N-dealkylation sites (tertiary alicyclic amines) is 1. The molecule has 5 rings (SSSR count). The third kappa shape index (κ3) is 5.25. The van der Waals surface area contributed by atoms with Crippen LogP contribution in [0.15, 0.2) is 78.2 Å². The van der Waals surface area contributed by atoms with E-state index in [1.54, 1.807) is 19.4 Å². The van der Waals surface area contributed by atoms with Crippen LogP contribution >= 0.6 is 23.2 Å². The van der Waals surface area contributed by atoms with Crippen LogP contribution in [0.2, 0.25) is 10.0 Å². The third-order valence-corrected chi connectivity index (χ3v) is 7.31. The summed E-state index contributed by atoms with van der Waals surface area (Å²) in [6, 6.07) is 9.29. The molecular weight excluding hydrogens is 483 g/mol. The summed E-state index contributed by atoms with van der Waals surface area (Å²) in [6.07, 6.45) is 14.0. The molecule has 1 aromatic carbocycles. The van der Waals surface area contributed by atoms with Gasteiger partial charge in [0, 0.05) is 54.1 Å². The van der Waals surface area contributed by atoms with Crippen LogP contribution in [0.5, 0.6) is 5.88 Å². The lowest BCUT2D eigenvalue weighted by Crippen LogP contribution is -2.42. The molecule has 2 aliphatic heterocycles. The van der Waals surface area contributed by atoms with Crippen LogP contribution in [0.4, 0.5) is 0 Å². The molecule has 1 unspecified atom stereocenters. The average molecular weight is 511 g/mol. The second-order valence-electron chi connectivity index (χ2n) is 9.11. The van der Waals surface area contributed by atoms with E-state index in [4.69, 9.17) is 32.7 Å². The van der Waals surface area contributed by atoms with Gasteiger partial charge in [0.25, 0.3) is 0 Å². The molecule has 7 heteroatoms. The summed E-state index contributed by atoms with van der Waals surface area (Å²) in [7, 11) is 1.70. The van der Waals surface area contributed by atoms with Crippen LogP contribution in [0, 0.1) is 0 Å². The van der Waals surface area contributed by atoms with Gasteiger partial charge in [0.05, 0.1) is 5.60 Å². The summed E-state index contributed by atoms with van der Waals surface area (Å²) in [5.74, 6) is 1.36. The molecule has 1 aromatic heterocycles. The van der Waals surface area contributed by atoms with Gasteiger partial charge >= 0.3 is 0 Å².